The number of carbonyl (C=O) groups excluding carboxylic acids is 2. The minimum atomic E-state index is -1.30. The number of ether oxygens (including phenoxy) is 3. The third-order valence-corrected chi connectivity index (χ3v) is 6.20. The third kappa shape index (κ3) is 13.1. The number of thioether (sulfide) groups is 1. The Bertz CT molecular complexity index is 590. The molecule has 0 aromatic rings. The van der Waals surface area contributed by atoms with Crippen molar-refractivity contribution in [3.05, 3.63) is 0 Å². The van der Waals surface area contributed by atoms with E-state index in [0.29, 0.717) is 13.2 Å². The van der Waals surface area contributed by atoms with Gasteiger partial charge in [0, 0.05) is 25.8 Å². The van der Waals surface area contributed by atoms with E-state index in [-0.39, 0.29) is 12.0 Å². The summed E-state index contributed by atoms with van der Waals surface area (Å²) < 4.78 is 16.4. The topological polar surface area (TPSA) is 147 Å². The number of hydrogen-bond donors (Lipinski definition) is 5. The summed E-state index contributed by atoms with van der Waals surface area (Å²) in [4.78, 5) is 23.0. The number of unbranched alkanes of at least 4 members (excludes halogenated alkanes) is 5. The quantitative estimate of drug-likeness (QED) is 0.208. The smallest absolute Gasteiger partial charge is 0.407 e. The number of carbonyl (C=O) groups is 2. The van der Waals surface area contributed by atoms with Crippen LogP contribution in [0.3, 0.4) is 0 Å². The fraction of sp³-hybridized carbons (Fsp3) is 0.913. The summed E-state index contributed by atoms with van der Waals surface area (Å²) in [5, 5.41) is 34.9. The lowest BCUT2D eigenvalue weighted by Crippen LogP contribution is -2.64. The van der Waals surface area contributed by atoms with Gasteiger partial charge in [-0.15, -0.1) is 0 Å². The Morgan fingerprint density at radius 2 is 1.65 bits per heavy atom. The van der Waals surface area contributed by atoms with Crippen LogP contribution < -0.4 is 10.6 Å². The highest BCUT2D eigenvalue weighted by Gasteiger charge is 2.45. The van der Waals surface area contributed by atoms with Gasteiger partial charge in [0.1, 0.15) is 30.0 Å². The van der Waals surface area contributed by atoms with E-state index in [2.05, 4.69) is 10.6 Å². The minimum Gasteiger partial charge on any atom is -0.444 e. The SMILES string of the molecule is CC(=O)NC1[C@H](OCCCCCCCCSCCNC(=O)OC(C)(C)C)OC(CO)[C@@H](O)[C@@H]1O. The highest BCUT2D eigenvalue weighted by atomic mass is 32.2. The molecule has 0 radical (unpaired) electrons. The number of alkyl carbamates (subject to hydrolysis) is 1. The molecular formula is C23H44N2O8S. The summed E-state index contributed by atoms with van der Waals surface area (Å²) in [7, 11) is 0. The van der Waals surface area contributed by atoms with Gasteiger partial charge in [0.25, 0.3) is 0 Å². The van der Waals surface area contributed by atoms with Gasteiger partial charge in [-0.25, -0.2) is 4.79 Å². The van der Waals surface area contributed by atoms with Crippen molar-refractivity contribution in [2.24, 2.45) is 0 Å². The molecule has 1 aliphatic rings. The van der Waals surface area contributed by atoms with Crippen molar-refractivity contribution in [2.75, 3.05) is 31.3 Å². The van der Waals surface area contributed by atoms with E-state index in [9.17, 15) is 24.9 Å². The van der Waals surface area contributed by atoms with E-state index in [1.54, 1.807) is 0 Å². The zero-order valence-electron chi connectivity index (χ0n) is 21.0. The molecule has 0 aromatic heterocycles. The van der Waals surface area contributed by atoms with Crippen molar-refractivity contribution in [3.63, 3.8) is 0 Å². The average molecular weight is 509 g/mol. The minimum absolute atomic E-state index is 0.367. The second-order valence-electron chi connectivity index (χ2n) is 9.47. The van der Waals surface area contributed by atoms with E-state index in [1.165, 1.54) is 6.92 Å². The molecule has 0 bridgehead atoms. The first-order chi connectivity index (χ1) is 16.0. The molecule has 5 atom stereocenters. The van der Waals surface area contributed by atoms with Crippen molar-refractivity contribution >= 4 is 23.8 Å². The normalized spacial score (nSPS) is 25.1. The maximum Gasteiger partial charge on any atom is 0.407 e. The summed E-state index contributed by atoms with van der Waals surface area (Å²) >= 11 is 1.82. The van der Waals surface area contributed by atoms with E-state index < -0.39 is 42.9 Å². The van der Waals surface area contributed by atoms with Crippen molar-refractivity contribution in [1.29, 1.82) is 0 Å². The molecule has 0 aromatic carbocycles. The van der Waals surface area contributed by atoms with Gasteiger partial charge in [-0.05, 0) is 39.4 Å². The number of amides is 2. The molecule has 1 saturated heterocycles. The highest BCUT2D eigenvalue weighted by Crippen LogP contribution is 2.22. The number of rotatable bonds is 15. The van der Waals surface area contributed by atoms with Gasteiger partial charge in [0.05, 0.1) is 6.61 Å². The Morgan fingerprint density at radius 3 is 2.26 bits per heavy atom. The molecular weight excluding hydrogens is 464 g/mol. The fourth-order valence-electron chi connectivity index (χ4n) is 3.47. The van der Waals surface area contributed by atoms with E-state index in [0.717, 1.165) is 50.0 Å². The number of aliphatic hydroxyl groups is 3. The standard InChI is InChI=1S/C23H44N2O8S/c1-16(27)25-18-20(29)19(28)17(15-26)32-21(18)31-12-9-7-5-6-8-10-13-34-14-11-24-22(30)33-23(2,3)4/h17-21,26,28-29H,5-15H2,1-4H3,(H,24,30)(H,25,27)/t17?,18?,19-,20-,21-/m1/s1. The van der Waals surface area contributed by atoms with Crippen LogP contribution in [-0.2, 0) is 19.0 Å². The predicted octanol–water partition coefficient (Wildman–Crippen LogP) is 1.55. The highest BCUT2D eigenvalue weighted by molar-refractivity contribution is 7.99. The van der Waals surface area contributed by atoms with Crippen LogP contribution in [0.15, 0.2) is 0 Å². The first-order valence-electron chi connectivity index (χ1n) is 12.1. The van der Waals surface area contributed by atoms with Crippen molar-refractivity contribution < 1.29 is 39.1 Å². The summed E-state index contributed by atoms with van der Waals surface area (Å²) in [5.41, 5.74) is -0.475. The number of aliphatic hydroxyl groups excluding tert-OH is 3. The van der Waals surface area contributed by atoms with Gasteiger partial charge in [0.15, 0.2) is 6.29 Å². The molecule has 2 unspecified atom stereocenters. The molecule has 1 aliphatic heterocycles. The Hall–Kier alpha value is -1.11. The molecule has 1 fully saturated rings. The fourth-order valence-corrected chi connectivity index (χ4v) is 4.33. The van der Waals surface area contributed by atoms with E-state index in [1.807, 2.05) is 32.5 Å². The molecule has 200 valence electrons. The second-order valence-corrected chi connectivity index (χ2v) is 10.7. The monoisotopic (exact) mass is 508 g/mol. The maximum atomic E-state index is 11.5. The first-order valence-corrected chi connectivity index (χ1v) is 13.3. The van der Waals surface area contributed by atoms with Crippen LogP contribution in [0.5, 0.6) is 0 Å². The Balaban J connectivity index is 2.06. The van der Waals surface area contributed by atoms with Gasteiger partial charge in [-0.2, -0.15) is 11.8 Å². The number of hydrogen-bond acceptors (Lipinski definition) is 9. The van der Waals surface area contributed by atoms with Crippen LogP contribution in [0.25, 0.3) is 0 Å². The van der Waals surface area contributed by atoms with Gasteiger partial charge < -0.3 is 40.2 Å². The van der Waals surface area contributed by atoms with Gasteiger partial charge >= 0.3 is 6.09 Å². The van der Waals surface area contributed by atoms with Crippen LogP contribution in [0.4, 0.5) is 4.79 Å². The molecule has 2 amide bonds. The zero-order valence-corrected chi connectivity index (χ0v) is 21.8. The van der Waals surface area contributed by atoms with E-state index in [4.69, 9.17) is 14.2 Å². The molecule has 34 heavy (non-hydrogen) atoms. The lowest BCUT2D eigenvalue weighted by Gasteiger charge is -2.42. The van der Waals surface area contributed by atoms with Crippen molar-refractivity contribution in [1.82, 2.24) is 10.6 Å². The predicted molar refractivity (Wildman–Crippen MR) is 131 cm³/mol. The molecule has 11 heteroatoms. The molecule has 1 heterocycles. The lowest BCUT2D eigenvalue weighted by molar-refractivity contribution is -0.270. The van der Waals surface area contributed by atoms with Gasteiger partial charge in [-0.1, -0.05) is 25.7 Å². The van der Waals surface area contributed by atoms with Crippen LogP contribution in [-0.4, -0.2) is 94.8 Å². The van der Waals surface area contributed by atoms with Crippen molar-refractivity contribution in [3.8, 4) is 0 Å². The second kappa shape index (κ2) is 16.5. The average Bonchev–Trinajstić information content (AvgIpc) is 2.74. The van der Waals surface area contributed by atoms with E-state index >= 15 is 0 Å². The molecule has 0 spiro atoms. The molecule has 5 N–H and O–H groups in total. The Labute approximate surface area is 207 Å². The van der Waals surface area contributed by atoms with Gasteiger partial charge in [0.2, 0.25) is 5.91 Å². The summed E-state index contributed by atoms with van der Waals surface area (Å²) in [6.07, 6.45) is 1.41. The maximum absolute atomic E-state index is 11.5. The summed E-state index contributed by atoms with van der Waals surface area (Å²) in [5.74, 6) is 1.55. The Morgan fingerprint density at radius 1 is 1.00 bits per heavy atom. The third-order valence-electron chi connectivity index (χ3n) is 5.13. The molecule has 0 saturated carbocycles. The van der Waals surface area contributed by atoms with Crippen LogP contribution >= 0.6 is 11.8 Å². The van der Waals surface area contributed by atoms with Crippen molar-refractivity contribution in [2.45, 2.75) is 102 Å². The van der Waals surface area contributed by atoms with Gasteiger partial charge in [-0.3, -0.25) is 4.79 Å². The first kappa shape index (κ1) is 30.9. The summed E-state index contributed by atoms with van der Waals surface area (Å²) in [6.45, 7) is 7.37. The Kier molecular flexibility index (Phi) is 15.0. The van der Waals surface area contributed by atoms with Crippen LogP contribution in [0.2, 0.25) is 0 Å². The molecule has 10 nitrogen and oxygen atoms in total. The van der Waals surface area contributed by atoms with Crippen LogP contribution in [0, 0.1) is 0 Å². The number of nitrogens with one attached hydrogen (secondary N) is 2. The molecule has 1 rings (SSSR count). The molecule has 0 aliphatic carbocycles. The summed E-state index contributed by atoms with van der Waals surface area (Å²) in [6, 6.07) is -0.896. The lowest BCUT2D eigenvalue weighted by atomic mass is 9.97. The zero-order chi connectivity index (χ0) is 25.6. The van der Waals surface area contributed by atoms with Crippen LogP contribution in [0.1, 0.15) is 66.2 Å². The largest absolute Gasteiger partial charge is 0.444 e.